The first kappa shape index (κ1) is 24.8. The summed E-state index contributed by atoms with van der Waals surface area (Å²) in [5, 5.41) is 11.9. The monoisotopic (exact) mass is 540 g/mol. The zero-order valence-electron chi connectivity index (χ0n) is 19.8. The van der Waals surface area contributed by atoms with Crippen molar-refractivity contribution in [2.45, 2.75) is 19.9 Å². The lowest BCUT2D eigenvalue weighted by Crippen LogP contribution is -2.29. The van der Waals surface area contributed by atoms with Crippen molar-refractivity contribution in [2.24, 2.45) is 0 Å². The number of hydrogen-bond donors (Lipinski definition) is 1. The predicted molar refractivity (Wildman–Crippen MR) is 136 cm³/mol. The molecule has 0 aliphatic carbocycles. The fourth-order valence-corrected chi connectivity index (χ4v) is 5.43. The molecule has 37 heavy (non-hydrogen) atoms. The molecule has 190 valence electrons. The topological polar surface area (TPSA) is 115 Å². The van der Waals surface area contributed by atoms with Gasteiger partial charge in [-0.2, -0.15) is 0 Å². The number of rotatable bonds is 5. The Bertz CT molecular complexity index is 1460. The second-order valence-corrected chi connectivity index (χ2v) is 9.63. The number of carbonyl (C=O) groups is 3. The summed E-state index contributed by atoms with van der Waals surface area (Å²) < 4.78 is 16.2. The van der Waals surface area contributed by atoms with Crippen molar-refractivity contribution < 1.29 is 33.7 Å². The number of nitrogens with zero attached hydrogens (tertiary/aromatic N) is 2. The fourth-order valence-electron chi connectivity index (χ4n) is 4.24. The van der Waals surface area contributed by atoms with Gasteiger partial charge in [-0.3, -0.25) is 14.5 Å². The Balaban J connectivity index is 1.67. The van der Waals surface area contributed by atoms with E-state index >= 15 is 0 Å². The number of fused-ring (bicyclic) bond motifs is 1. The predicted octanol–water partition coefficient (Wildman–Crippen LogP) is 4.68. The number of anilines is 1. The van der Waals surface area contributed by atoms with E-state index in [1.165, 1.54) is 4.90 Å². The number of aromatic nitrogens is 1. The van der Waals surface area contributed by atoms with Crippen molar-refractivity contribution in [3.8, 4) is 11.5 Å². The first-order valence-electron chi connectivity index (χ1n) is 11.4. The Hall–Kier alpha value is -3.89. The van der Waals surface area contributed by atoms with Crippen molar-refractivity contribution in [2.75, 3.05) is 24.7 Å². The van der Waals surface area contributed by atoms with E-state index in [0.717, 1.165) is 11.3 Å². The van der Waals surface area contributed by atoms with Crippen LogP contribution >= 0.6 is 22.9 Å². The summed E-state index contributed by atoms with van der Waals surface area (Å²) in [7, 11) is 0. The number of esters is 1. The average Bonchev–Trinajstić information content (AvgIpc) is 3.40. The summed E-state index contributed by atoms with van der Waals surface area (Å²) in [5.74, 6) is -1.83. The van der Waals surface area contributed by atoms with Gasteiger partial charge in [-0.05, 0) is 49.7 Å². The van der Waals surface area contributed by atoms with Gasteiger partial charge < -0.3 is 19.3 Å². The summed E-state index contributed by atoms with van der Waals surface area (Å²) in [4.78, 5) is 44.9. The van der Waals surface area contributed by atoms with E-state index in [9.17, 15) is 19.5 Å². The molecule has 1 aromatic heterocycles. The van der Waals surface area contributed by atoms with Crippen LogP contribution in [0.4, 0.5) is 5.13 Å². The summed E-state index contributed by atoms with van der Waals surface area (Å²) in [6, 6.07) is 10.4. The van der Waals surface area contributed by atoms with Crippen molar-refractivity contribution in [3.05, 3.63) is 74.8 Å². The molecule has 1 N–H and O–H groups in total. The van der Waals surface area contributed by atoms with Gasteiger partial charge in [-0.25, -0.2) is 9.78 Å². The molecule has 3 aromatic rings. The minimum Gasteiger partial charge on any atom is -0.507 e. The molecule has 0 radical (unpaired) electrons. The van der Waals surface area contributed by atoms with Crippen LogP contribution in [-0.4, -0.2) is 47.6 Å². The van der Waals surface area contributed by atoms with Gasteiger partial charge in [0.05, 0.1) is 23.9 Å². The number of amides is 1. The first-order valence-corrected chi connectivity index (χ1v) is 12.6. The summed E-state index contributed by atoms with van der Waals surface area (Å²) >= 11 is 7.18. The zero-order chi connectivity index (χ0) is 26.3. The third kappa shape index (κ3) is 4.42. The Morgan fingerprint density at radius 3 is 2.68 bits per heavy atom. The molecule has 0 bridgehead atoms. The van der Waals surface area contributed by atoms with Crippen molar-refractivity contribution in [3.63, 3.8) is 0 Å². The quantitative estimate of drug-likeness (QED) is 0.215. The van der Waals surface area contributed by atoms with Crippen LogP contribution in [0.1, 0.15) is 39.5 Å². The van der Waals surface area contributed by atoms with E-state index in [1.54, 1.807) is 56.3 Å². The van der Waals surface area contributed by atoms with E-state index in [0.29, 0.717) is 41.0 Å². The number of thiazole rings is 1. The number of ketones is 1. The fraction of sp³-hybridized carbons (Fsp3) is 0.231. The van der Waals surface area contributed by atoms with Crippen LogP contribution in [0.15, 0.2) is 48.0 Å². The highest BCUT2D eigenvalue weighted by Gasteiger charge is 2.48. The maximum atomic E-state index is 13.4. The van der Waals surface area contributed by atoms with Crippen LogP contribution < -0.4 is 14.4 Å². The minimum absolute atomic E-state index is 0.119. The van der Waals surface area contributed by atoms with E-state index in [1.807, 2.05) is 0 Å². The normalized spacial score (nSPS) is 18.2. The second kappa shape index (κ2) is 9.87. The van der Waals surface area contributed by atoms with E-state index in [4.69, 9.17) is 25.8 Å². The summed E-state index contributed by atoms with van der Waals surface area (Å²) in [6.07, 6.45) is 0. The zero-order valence-corrected chi connectivity index (χ0v) is 21.4. The van der Waals surface area contributed by atoms with Crippen LogP contribution in [0.5, 0.6) is 11.5 Å². The van der Waals surface area contributed by atoms with Gasteiger partial charge in [0, 0.05) is 10.6 Å². The number of aliphatic hydroxyl groups excluding tert-OH is 1. The molecule has 0 spiro atoms. The maximum absolute atomic E-state index is 13.4. The molecule has 11 heteroatoms. The molecule has 5 rings (SSSR count). The van der Waals surface area contributed by atoms with Gasteiger partial charge in [0.15, 0.2) is 16.6 Å². The highest BCUT2D eigenvalue weighted by atomic mass is 35.5. The number of aliphatic hydroxyl groups is 1. The first-order chi connectivity index (χ1) is 17.8. The third-order valence-corrected chi connectivity index (χ3v) is 7.25. The number of hydrogen-bond acceptors (Lipinski definition) is 9. The molecule has 1 amide bonds. The maximum Gasteiger partial charge on any atom is 0.350 e. The minimum atomic E-state index is -1.05. The van der Waals surface area contributed by atoms with Crippen molar-refractivity contribution in [1.29, 1.82) is 0 Å². The van der Waals surface area contributed by atoms with Crippen molar-refractivity contribution in [1.82, 2.24) is 4.98 Å². The SMILES string of the molecule is CCOC(=O)c1sc(N2C(=O)C(=O)C(=C(O)c3ccc4c(c3)OCCO4)[C@H]2c2cccc(Cl)c2)nc1C. The van der Waals surface area contributed by atoms with Gasteiger partial charge in [-0.15, -0.1) is 0 Å². The van der Waals surface area contributed by atoms with Crippen molar-refractivity contribution >= 4 is 51.5 Å². The number of Topliss-reactive ketones (excluding diaryl/α,β-unsaturated/α-hetero) is 1. The number of halogens is 1. The Labute approximate surface area is 220 Å². The summed E-state index contributed by atoms with van der Waals surface area (Å²) in [5.41, 5.74) is 0.972. The molecule has 0 unspecified atom stereocenters. The number of aryl methyl sites for hydroxylation is 1. The van der Waals surface area contributed by atoms with Gasteiger partial charge in [0.2, 0.25) is 0 Å². The van der Waals surface area contributed by atoms with Crippen LogP contribution in [0.25, 0.3) is 5.76 Å². The Kier molecular flexibility index (Phi) is 6.61. The van der Waals surface area contributed by atoms with Crippen LogP contribution in [0.3, 0.4) is 0 Å². The van der Waals surface area contributed by atoms with Gasteiger partial charge in [-0.1, -0.05) is 35.1 Å². The van der Waals surface area contributed by atoms with Crippen LogP contribution in [-0.2, 0) is 14.3 Å². The van der Waals surface area contributed by atoms with E-state index in [-0.39, 0.29) is 33.5 Å². The van der Waals surface area contributed by atoms with Crippen LogP contribution in [0.2, 0.25) is 5.02 Å². The largest absolute Gasteiger partial charge is 0.507 e. The number of carbonyl (C=O) groups excluding carboxylic acids is 3. The average molecular weight is 541 g/mol. The molecular formula is C26H21ClN2O7S. The smallest absolute Gasteiger partial charge is 0.350 e. The molecule has 3 heterocycles. The van der Waals surface area contributed by atoms with Crippen LogP contribution in [0, 0.1) is 6.92 Å². The molecule has 1 fully saturated rings. The highest BCUT2D eigenvalue weighted by molar-refractivity contribution is 7.17. The number of ether oxygens (including phenoxy) is 3. The Morgan fingerprint density at radius 2 is 1.95 bits per heavy atom. The second-order valence-electron chi connectivity index (χ2n) is 8.21. The molecule has 0 saturated carbocycles. The van der Waals surface area contributed by atoms with E-state index < -0.39 is 23.7 Å². The molecule has 2 aliphatic rings. The third-order valence-electron chi connectivity index (χ3n) is 5.88. The van der Waals surface area contributed by atoms with Gasteiger partial charge in [0.1, 0.15) is 23.9 Å². The molecular weight excluding hydrogens is 520 g/mol. The Morgan fingerprint density at radius 1 is 1.19 bits per heavy atom. The molecule has 9 nitrogen and oxygen atoms in total. The lowest BCUT2D eigenvalue weighted by Gasteiger charge is -2.23. The molecule has 1 atom stereocenters. The number of benzene rings is 2. The van der Waals surface area contributed by atoms with Gasteiger partial charge >= 0.3 is 11.9 Å². The lowest BCUT2D eigenvalue weighted by molar-refractivity contribution is -0.132. The lowest BCUT2D eigenvalue weighted by atomic mass is 9.95. The summed E-state index contributed by atoms with van der Waals surface area (Å²) in [6.45, 7) is 4.22. The molecule has 2 aromatic carbocycles. The highest BCUT2D eigenvalue weighted by Crippen LogP contribution is 2.45. The van der Waals surface area contributed by atoms with Gasteiger partial charge in [0.25, 0.3) is 5.78 Å². The van der Waals surface area contributed by atoms with E-state index in [2.05, 4.69) is 4.98 Å². The molecule has 2 aliphatic heterocycles. The standard InChI is InChI=1S/C26H21ClN2O7S/c1-3-34-25(33)23-13(2)28-26(37-23)29-20(14-5-4-6-16(27)11-14)19(22(31)24(29)32)21(30)15-7-8-17-18(12-15)36-10-9-35-17/h4-8,11-12,20,30H,3,9-10H2,1-2H3/t20-/m1/s1. The molecule has 1 saturated heterocycles.